The van der Waals surface area contributed by atoms with Crippen LogP contribution < -0.4 is 10.1 Å². The Morgan fingerprint density at radius 2 is 1.86 bits per heavy atom. The molecule has 0 aliphatic carbocycles. The summed E-state index contributed by atoms with van der Waals surface area (Å²) in [5, 5.41) is 2.95. The van der Waals surface area contributed by atoms with Gasteiger partial charge in [-0.1, -0.05) is 24.3 Å². The van der Waals surface area contributed by atoms with Crippen LogP contribution in [0, 0.1) is 20.8 Å². The van der Waals surface area contributed by atoms with E-state index in [1.807, 2.05) is 92.2 Å². The Kier molecular flexibility index (Phi) is 5.04. The smallest absolute Gasteiger partial charge is 0.262 e. The fourth-order valence-electron chi connectivity index (χ4n) is 3.18. The van der Waals surface area contributed by atoms with Crippen LogP contribution in [0.1, 0.15) is 16.7 Å². The van der Waals surface area contributed by atoms with E-state index in [4.69, 9.17) is 9.72 Å². The van der Waals surface area contributed by atoms with Gasteiger partial charge >= 0.3 is 0 Å². The van der Waals surface area contributed by atoms with Gasteiger partial charge < -0.3 is 14.5 Å². The molecule has 146 valence electrons. The topological polar surface area (TPSA) is 55.6 Å². The van der Waals surface area contributed by atoms with E-state index in [0.29, 0.717) is 5.75 Å². The maximum atomic E-state index is 12.4. The molecule has 29 heavy (non-hydrogen) atoms. The Morgan fingerprint density at radius 1 is 1.03 bits per heavy atom. The largest absolute Gasteiger partial charge is 0.484 e. The second-order valence-corrected chi connectivity index (χ2v) is 7.28. The third-order valence-electron chi connectivity index (χ3n) is 4.78. The number of aryl methyl sites for hydroxylation is 3. The van der Waals surface area contributed by atoms with Crippen LogP contribution in [0.2, 0.25) is 0 Å². The molecule has 0 saturated heterocycles. The van der Waals surface area contributed by atoms with Crippen molar-refractivity contribution in [2.45, 2.75) is 20.8 Å². The number of ether oxygens (including phenoxy) is 1. The molecule has 0 aliphatic heterocycles. The van der Waals surface area contributed by atoms with Crippen LogP contribution in [0.3, 0.4) is 0 Å². The Labute approximate surface area is 170 Å². The molecular formula is C24H23N3O2. The van der Waals surface area contributed by atoms with Crippen LogP contribution in [0.25, 0.3) is 16.9 Å². The van der Waals surface area contributed by atoms with Crippen molar-refractivity contribution in [2.75, 3.05) is 11.9 Å². The van der Waals surface area contributed by atoms with Gasteiger partial charge in [0.25, 0.3) is 5.91 Å². The predicted molar refractivity (Wildman–Crippen MR) is 115 cm³/mol. The van der Waals surface area contributed by atoms with Crippen LogP contribution in [0.15, 0.2) is 67.0 Å². The lowest BCUT2D eigenvalue weighted by molar-refractivity contribution is -0.118. The van der Waals surface area contributed by atoms with Gasteiger partial charge in [-0.05, 0) is 67.8 Å². The lowest BCUT2D eigenvalue weighted by Crippen LogP contribution is -2.20. The summed E-state index contributed by atoms with van der Waals surface area (Å²) in [4.78, 5) is 17.1. The number of anilines is 1. The Morgan fingerprint density at radius 3 is 2.69 bits per heavy atom. The van der Waals surface area contributed by atoms with Crippen molar-refractivity contribution >= 4 is 17.2 Å². The minimum atomic E-state index is -0.197. The van der Waals surface area contributed by atoms with Crippen molar-refractivity contribution < 1.29 is 9.53 Å². The zero-order valence-corrected chi connectivity index (χ0v) is 16.8. The number of amides is 1. The number of hydrogen-bond acceptors (Lipinski definition) is 3. The highest BCUT2D eigenvalue weighted by atomic mass is 16.5. The Bertz CT molecular complexity index is 1190. The first-order valence-electron chi connectivity index (χ1n) is 9.54. The average molecular weight is 385 g/mol. The molecule has 0 spiro atoms. The average Bonchev–Trinajstić information content (AvgIpc) is 3.11. The number of fused-ring (bicyclic) bond motifs is 1. The Balaban J connectivity index is 1.51. The summed E-state index contributed by atoms with van der Waals surface area (Å²) in [6.45, 7) is 5.96. The van der Waals surface area contributed by atoms with Gasteiger partial charge in [-0.25, -0.2) is 4.98 Å². The minimum Gasteiger partial charge on any atom is -0.484 e. The number of aromatic nitrogens is 2. The van der Waals surface area contributed by atoms with E-state index in [1.165, 1.54) is 5.56 Å². The Hall–Kier alpha value is -3.60. The number of pyridine rings is 1. The van der Waals surface area contributed by atoms with Gasteiger partial charge in [0, 0.05) is 23.6 Å². The first kappa shape index (κ1) is 18.7. The molecule has 0 unspecified atom stereocenters. The first-order chi connectivity index (χ1) is 14.0. The molecule has 2 heterocycles. The maximum absolute atomic E-state index is 12.4. The van der Waals surface area contributed by atoms with E-state index < -0.39 is 0 Å². The number of hydrogen-bond donors (Lipinski definition) is 1. The zero-order chi connectivity index (χ0) is 20.4. The summed E-state index contributed by atoms with van der Waals surface area (Å²) < 4.78 is 7.60. The van der Waals surface area contributed by atoms with E-state index in [0.717, 1.165) is 33.7 Å². The molecule has 4 rings (SSSR count). The van der Waals surface area contributed by atoms with Crippen LogP contribution in [-0.2, 0) is 4.79 Å². The van der Waals surface area contributed by atoms with Gasteiger partial charge in [0.05, 0.1) is 5.69 Å². The van der Waals surface area contributed by atoms with Crippen molar-refractivity contribution in [3.05, 3.63) is 83.7 Å². The number of nitrogens with one attached hydrogen (secondary N) is 1. The lowest BCUT2D eigenvalue weighted by Gasteiger charge is -2.11. The summed E-state index contributed by atoms with van der Waals surface area (Å²) in [7, 11) is 0. The highest BCUT2D eigenvalue weighted by Gasteiger charge is 2.10. The molecule has 0 bridgehead atoms. The van der Waals surface area contributed by atoms with Crippen LogP contribution in [0.5, 0.6) is 5.75 Å². The van der Waals surface area contributed by atoms with Crippen LogP contribution in [-0.4, -0.2) is 21.9 Å². The van der Waals surface area contributed by atoms with E-state index in [1.54, 1.807) is 0 Å². The standard InChI is InChI=1S/C24H23N3O2/c1-16-5-4-6-20(11-16)29-15-24(28)26-21-13-19(8-7-18(21)3)22-14-27-10-9-17(2)12-23(27)25-22/h4-14H,15H2,1-3H3,(H,26,28). The first-order valence-corrected chi connectivity index (χ1v) is 9.54. The van der Waals surface area contributed by atoms with E-state index >= 15 is 0 Å². The van der Waals surface area contributed by atoms with E-state index in [2.05, 4.69) is 5.32 Å². The number of carbonyl (C=O) groups excluding carboxylic acids is 1. The van der Waals surface area contributed by atoms with Gasteiger partial charge in [-0.3, -0.25) is 4.79 Å². The van der Waals surface area contributed by atoms with Gasteiger partial charge in [-0.2, -0.15) is 0 Å². The lowest BCUT2D eigenvalue weighted by atomic mass is 10.1. The van der Waals surface area contributed by atoms with Gasteiger partial charge in [0.15, 0.2) is 6.61 Å². The molecule has 0 aliphatic rings. The van der Waals surface area contributed by atoms with Crippen molar-refractivity contribution in [3.63, 3.8) is 0 Å². The molecule has 0 saturated carbocycles. The maximum Gasteiger partial charge on any atom is 0.262 e. The van der Waals surface area contributed by atoms with Crippen molar-refractivity contribution in [3.8, 4) is 17.0 Å². The van der Waals surface area contributed by atoms with Gasteiger partial charge in [-0.15, -0.1) is 0 Å². The summed E-state index contributed by atoms with van der Waals surface area (Å²) in [5.74, 6) is 0.489. The van der Waals surface area contributed by atoms with E-state index in [9.17, 15) is 4.79 Å². The quantitative estimate of drug-likeness (QED) is 0.529. The minimum absolute atomic E-state index is 0.0409. The molecule has 1 amide bonds. The molecule has 2 aromatic carbocycles. The fourth-order valence-corrected chi connectivity index (χ4v) is 3.18. The van der Waals surface area contributed by atoms with Crippen molar-refractivity contribution in [1.29, 1.82) is 0 Å². The number of imidazole rings is 1. The number of carbonyl (C=O) groups is 1. The summed E-state index contributed by atoms with van der Waals surface area (Å²) in [6.07, 6.45) is 3.99. The third kappa shape index (κ3) is 4.29. The molecule has 5 heteroatoms. The van der Waals surface area contributed by atoms with Crippen molar-refractivity contribution in [1.82, 2.24) is 9.38 Å². The third-order valence-corrected chi connectivity index (χ3v) is 4.78. The molecule has 0 radical (unpaired) electrons. The van der Waals surface area contributed by atoms with Gasteiger partial charge in [0.2, 0.25) is 0 Å². The van der Waals surface area contributed by atoms with Crippen molar-refractivity contribution in [2.24, 2.45) is 0 Å². The normalized spacial score (nSPS) is 10.9. The highest BCUT2D eigenvalue weighted by molar-refractivity contribution is 5.93. The van der Waals surface area contributed by atoms with E-state index in [-0.39, 0.29) is 12.5 Å². The van der Waals surface area contributed by atoms with Crippen LogP contribution in [0.4, 0.5) is 5.69 Å². The predicted octanol–water partition coefficient (Wildman–Crippen LogP) is 4.94. The zero-order valence-electron chi connectivity index (χ0n) is 16.8. The monoisotopic (exact) mass is 385 g/mol. The summed E-state index contributed by atoms with van der Waals surface area (Å²) >= 11 is 0. The second kappa shape index (κ2) is 7.80. The number of benzene rings is 2. The van der Waals surface area contributed by atoms with Crippen LogP contribution >= 0.6 is 0 Å². The molecule has 0 atom stereocenters. The fraction of sp³-hybridized carbons (Fsp3) is 0.167. The SMILES string of the molecule is Cc1cccc(OCC(=O)Nc2cc(-c3cn4ccc(C)cc4n3)ccc2C)c1. The molecule has 2 aromatic heterocycles. The molecular weight excluding hydrogens is 362 g/mol. The second-order valence-electron chi connectivity index (χ2n) is 7.28. The molecule has 5 nitrogen and oxygen atoms in total. The summed E-state index contributed by atoms with van der Waals surface area (Å²) in [6, 6.07) is 17.7. The molecule has 4 aromatic rings. The number of nitrogens with zero attached hydrogens (tertiary/aromatic N) is 2. The van der Waals surface area contributed by atoms with Gasteiger partial charge in [0.1, 0.15) is 11.4 Å². The number of rotatable bonds is 5. The summed E-state index contributed by atoms with van der Waals surface area (Å²) in [5.41, 5.74) is 6.71. The molecule has 0 fully saturated rings. The highest BCUT2D eigenvalue weighted by Crippen LogP contribution is 2.25. The molecule has 1 N–H and O–H groups in total.